The van der Waals surface area contributed by atoms with Gasteiger partial charge in [-0.3, -0.25) is 14.7 Å². The number of carbonyl (C=O) groups excluding carboxylic acids is 1. The first-order valence-electron chi connectivity index (χ1n) is 8.64. The van der Waals surface area contributed by atoms with Gasteiger partial charge in [0.1, 0.15) is 6.61 Å². The summed E-state index contributed by atoms with van der Waals surface area (Å²) in [5.41, 5.74) is 7.92. The number of nitrogens with zero attached hydrogens (tertiary/aromatic N) is 2. The molecule has 0 spiro atoms. The average Bonchev–Trinajstić information content (AvgIpc) is 2.98. The normalized spacial score (nSPS) is 18.4. The molecular formula is C18H29N3O2. The zero-order valence-corrected chi connectivity index (χ0v) is 14.2. The zero-order chi connectivity index (χ0) is 16.5. The third-order valence-electron chi connectivity index (χ3n) is 4.42. The topological polar surface area (TPSA) is 68.5 Å². The Bertz CT molecular complexity index is 493. The molecule has 5 nitrogen and oxygen atoms in total. The molecule has 1 aliphatic heterocycles. The summed E-state index contributed by atoms with van der Waals surface area (Å²) < 4.78 is 5.15. The third kappa shape index (κ3) is 6.01. The van der Waals surface area contributed by atoms with Crippen molar-refractivity contribution in [2.75, 3.05) is 33.4 Å². The lowest BCUT2D eigenvalue weighted by Crippen LogP contribution is -2.17. The summed E-state index contributed by atoms with van der Waals surface area (Å²) in [6, 6.07) is 2.80. The van der Waals surface area contributed by atoms with Crippen LogP contribution in [-0.4, -0.2) is 49.0 Å². The molecule has 0 unspecified atom stereocenters. The van der Waals surface area contributed by atoms with Crippen molar-refractivity contribution >= 4 is 5.78 Å². The number of rotatable bonds is 10. The molecule has 0 aliphatic carbocycles. The van der Waals surface area contributed by atoms with Crippen LogP contribution in [0, 0.1) is 0 Å². The number of ether oxygens (including phenoxy) is 1. The van der Waals surface area contributed by atoms with Gasteiger partial charge in [0.05, 0.1) is 6.61 Å². The number of aryl methyl sites for hydroxylation is 1. The molecule has 0 aromatic carbocycles. The van der Waals surface area contributed by atoms with Crippen molar-refractivity contribution in [3.05, 3.63) is 29.6 Å². The van der Waals surface area contributed by atoms with Crippen LogP contribution in [0.5, 0.6) is 0 Å². The summed E-state index contributed by atoms with van der Waals surface area (Å²) >= 11 is 0. The molecule has 1 aromatic heterocycles. The second kappa shape index (κ2) is 9.75. The monoisotopic (exact) mass is 319 g/mol. The number of unbranched alkanes of at least 4 members (excludes halogenated alkanes) is 1. The lowest BCUT2D eigenvalue weighted by Gasteiger charge is -2.19. The van der Waals surface area contributed by atoms with Crippen LogP contribution in [0.3, 0.4) is 0 Å². The lowest BCUT2D eigenvalue weighted by molar-refractivity contribution is -0.123. The smallest absolute Gasteiger partial charge is 0.158 e. The van der Waals surface area contributed by atoms with Gasteiger partial charge in [-0.25, -0.2) is 0 Å². The van der Waals surface area contributed by atoms with E-state index in [1.54, 1.807) is 0 Å². The number of carbonyl (C=O) groups is 1. The van der Waals surface area contributed by atoms with Gasteiger partial charge in [0, 0.05) is 31.4 Å². The minimum atomic E-state index is 0.165. The van der Waals surface area contributed by atoms with E-state index in [2.05, 4.69) is 23.0 Å². The van der Waals surface area contributed by atoms with Crippen LogP contribution >= 0.6 is 0 Å². The van der Waals surface area contributed by atoms with Crippen molar-refractivity contribution < 1.29 is 9.53 Å². The number of hydrogen-bond acceptors (Lipinski definition) is 5. The standard InChI is InChI=1S/C18H29N3O2/c1-21-9-4-7-18(21)16-11-15(12-20-13-16)5-2-3-6-17(22)14-23-10-8-19/h11-13,18H,2-10,14,19H2,1H3/t18-/m0/s1. The molecule has 1 aromatic rings. The maximum Gasteiger partial charge on any atom is 0.158 e. The summed E-state index contributed by atoms with van der Waals surface area (Å²) in [4.78, 5) is 18.4. The molecule has 1 aliphatic rings. The van der Waals surface area contributed by atoms with Crippen LogP contribution in [0.4, 0.5) is 0 Å². The van der Waals surface area contributed by atoms with Crippen LogP contribution in [0.2, 0.25) is 0 Å². The molecule has 128 valence electrons. The van der Waals surface area contributed by atoms with Gasteiger partial charge < -0.3 is 10.5 Å². The number of hydrogen-bond donors (Lipinski definition) is 1. The predicted octanol–water partition coefficient (Wildman–Crippen LogP) is 2.11. The van der Waals surface area contributed by atoms with Gasteiger partial charge >= 0.3 is 0 Å². The second-order valence-electron chi connectivity index (χ2n) is 6.35. The largest absolute Gasteiger partial charge is 0.372 e. The molecule has 2 heterocycles. The van der Waals surface area contributed by atoms with E-state index in [1.807, 2.05) is 12.4 Å². The Hall–Kier alpha value is -1.30. The van der Waals surface area contributed by atoms with Crippen LogP contribution in [0.1, 0.15) is 49.3 Å². The molecule has 1 saturated heterocycles. The third-order valence-corrected chi connectivity index (χ3v) is 4.42. The highest BCUT2D eigenvalue weighted by Gasteiger charge is 2.22. The Morgan fingerprint density at radius 1 is 1.43 bits per heavy atom. The zero-order valence-electron chi connectivity index (χ0n) is 14.2. The predicted molar refractivity (Wildman–Crippen MR) is 91.3 cm³/mol. The van der Waals surface area contributed by atoms with Crippen LogP contribution < -0.4 is 5.73 Å². The fraction of sp³-hybridized carbons (Fsp3) is 0.667. The van der Waals surface area contributed by atoms with Gasteiger partial charge in [-0.05, 0) is 56.8 Å². The summed E-state index contributed by atoms with van der Waals surface area (Å²) in [7, 11) is 2.18. The van der Waals surface area contributed by atoms with Crippen molar-refractivity contribution in [1.82, 2.24) is 9.88 Å². The van der Waals surface area contributed by atoms with E-state index in [4.69, 9.17) is 10.5 Å². The van der Waals surface area contributed by atoms with Gasteiger partial charge in [-0.1, -0.05) is 6.07 Å². The number of nitrogens with two attached hydrogens (primary N) is 1. The molecule has 0 amide bonds. The number of likely N-dealkylation sites (tertiary alicyclic amines) is 1. The van der Waals surface area contributed by atoms with Gasteiger partial charge in [0.25, 0.3) is 0 Å². The molecule has 0 bridgehead atoms. The summed E-state index contributed by atoms with van der Waals surface area (Å²) in [5, 5.41) is 0. The number of ketones is 1. The van der Waals surface area contributed by atoms with E-state index in [-0.39, 0.29) is 12.4 Å². The highest BCUT2D eigenvalue weighted by Crippen LogP contribution is 2.30. The molecule has 1 fully saturated rings. The Labute approximate surface area is 139 Å². The maximum atomic E-state index is 11.6. The summed E-state index contributed by atoms with van der Waals surface area (Å²) in [5.74, 6) is 0.165. The fourth-order valence-corrected chi connectivity index (χ4v) is 3.15. The van der Waals surface area contributed by atoms with Gasteiger partial charge in [-0.15, -0.1) is 0 Å². The first kappa shape index (κ1) is 18.0. The van der Waals surface area contributed by atoms with Crippen LogP contribution in [0.15, 0.2) is 18.5 Å². The summed E-state index contributed by atoms with van der Waals surface area (Å²) in [6.07, 6.45) is 9.90. The average molecular weight is 319 g/mol. The number of Topliss-reactive ketones (excluding diaryl/α,β-unsaturated/α-hetero) is 1. The van der Waals surface area contributed by atoms with E-state index < -0.39 is 0 Å². The minimum absolute atomic E-state index is 0.165. The first-order valence-corrected chi connectivity index (χ1v) is 8.64. The van der Waals surface area contributed by atoms with Crippen molar-refractivity contribution in [1.29, 1.82) is 0 Å². The highest BCUT2D eigenvalue weighted by atomic mass is 16.5. The number of pyridine rings is 1. The Morgan fingerprint density at radius 2 is 2.30 bits per heavy atom. The van der Waals surface area contributed by atoms with E-state index in [1.165, 1.54) is 30.5 Å². The van der Waals surface area contributed by atoms with E-state index >= 15 is 0 Å². The molecule has 5 heteroatoms. The summed E-state index contributed by atoms with van der Waals surface area (Å²) in [6.45, 7) is 2.29. The SMILES string of the molecule is CN1CCC[C@H]1c1cncc(CCCCC(=O)COCCN)c1. The molecular weight excluding hydrogens is 290 g/mol. The van der Waals surface area contributed by atoms with Crippen LogP contribution in [-0.2, 0) is 16.0 Å². The first-order chi connectivity index (χ1) is 11.2. The molecule has 1 atom stereocenters. The van der Waals surface area contributed by atoms with E-state index in [9.17, 15) is 4.79 Å². The van der Waals surface area contributed by atoms with Crippen LogP contribution in [0.25, 0.3) is 0 Å². The molecule has 2 N–H and O–H groups in total. The Kier molecular flexibility index (Phi) is 7.65. The Balaban J connectivity index is 1.70. The van der Waals surface area contributed by atoms with Gasteiger partial charge in [-0.2, -0.15) is 0 Å². The molecule has 0 radical (unpaired) electrons. The lowest BCUT2D eigenvalue weighted by atomic mass is 10.0. The van der Waals surface area contributed by atoms with Crippen molar-refractivity contribution in [3.63, 3.8) is 0 Å². The van der Waals surface area contributed by atoms with Crippen molar-refractivity contribution in [2.24, 2.45) is 5.73 Å². The number of aromatic nitrogens is 1. The quantitative estimate of drug-likeness (QED) is 0.669. The molecule has 2 rings (SSSR count). The second-order valence-corrected chi connectivity index (χ2v) is 6.35. The fourth-order valence-electron chi connectivity index (χ4n) is 3.15. The highest BCUT2D eigenvalue weighted by molar-refractivity contribution is 5.79. The van der Waals surface area contributed by atoms with E-state index in [0.717, 1.165) is 19.3 Å². The molecule has 0 saturated carbocycles. The van der Waals surface area contributed by atoms with Gasteiger partial charge in [0.15, 0.2) is 5.78 Å². The minimum Gasteiger partial charge on any atom is -0.372 e. The van der Waals surface area contributed by atoms with Crippen molar-refractivity contribution in [2.45, 2.75) is 44.6 Å². The van der Waals surface area contributed by atoms with E-state index in [0.29, 0.717) is 25.6 Å². The Morgan fingerprint density at radius 3 is 3.04 bits per heavy atom. The maximum absolute atomic E-state index is 11.6. The molecule has 23 heavy (non-hydrogen) atoms. The van der Waals surface area contributed by atoms with Gasteiger partial charge in [0.2, 0.25) is 0 Å². The van der Waals surface area contributed by atoms with Crippen molar-refractivity contribution in [3.8, 4) is 0 Å².